The Hall–Kier alpha value is -3.09. The zero-order chi connectivity index (χ0) is 17.4. The molecule has 0 radical (unpaired) electrons. The summed E-state index contributed by atoms with van der Waals surface area (Å²) in [6.07, 6.45) is 6.10. The van der Waals surface area contributed by atoms with E-state index in [9.17, 15) is 9.59 Å². The van der Waals surface area contributed by atoms with Crippen LogP contribution in [0.25, 0.3) is 11.5 Å². The lowest BCUT2D eigenvalue weighted by Gasteiger charge is -2.23. The number of hydrogen-bond donors (Lipinski definition) is 2. The van der Waals surface area contributed by atoms with Gasteiger partial charge in [-0.3, -0.25) is 14.3 Å². The molecule has 0 saturated carbocycles. The third kappa shape index (κ3) is 2.77. The van der Waals surface area contributed by atoms with E-state index >= 15 is 0 Å². The number of pyridine rings is 1. The van der Waals surface area contributed by atoms with Crippen LogP contribution in [0.5, 0.6) is 0 Å². The van der Waals surface area contributed by atoms with Crippen LogP contribution in [0.1, 0.15) is 40.5 Å². The van der Waals surface area contributed by atoms with Crippen LogP contribution in [-0.4, -0.2) is 20.7 Å². The second-order valence-corrected chi connectivity index (χ2v) is 6.18. The van der Waals surface area contributed by atoms with E-state index in [4.69, 9.17) is 4.42 Å². The van der Waals surface area contributed by atoms with Crippen molar-refractivity contribution in [3.63, 3.8) is 0 Å². The first-order chi connectivity index (χ1) is 12.1. The minimum absolute atomic E-state index is 0.0892. The van der Waals surface area contributed by atoms with Gasteiger partial charge in [-0.2, -0.15) is 5.10 Å². The molecule has 1 amide bonds. The summed E-state index contributed by atoms with van der Waals surface area (Å²) in [5, 5.41) is 7.24. The fraction of sp³-hybridized carbons (Fsp3) is 0.278. The van der Waals surface area contributed by atoms with Gasteiger partial charge in [0.05, 0.1) is 24.2 Å². The molecule has 0 spiro atoms. The Kier molecular flexibility index (Phi) is 3.76. The average molecular weight is 338 g/mol. The molecule has 3 aromatic rings. The summed E-state index contributed by atoms with van der Waals surface area (Å²) in [6.45, 7) is 0. The molecular weight excluding hydrogens is 320 g/mol. The van der Waals surface area contributed by atoms with Crippen LogP contribution in [0.2, 0.25) is 0 Å². The lowest BCUT2D eigenvalue weighted by Crippen LogP contribution is -2.34. The second-order valence-electron chi connectivity index (χ2n) is 6.18. The Morgan fingerprint density at radius 3 is 3.04 bits per heavy atom. The SMILES string of the molecule is Cn1ncc2c1CCCC2NC(=O)c1ccc(-c2ccco2)[nH]c1=O. The Balaban J connectivity index is 1.57. The molecule has 0 aliphatic heterocycles. The van der Waals surface area contributed by atoms with Gasteiger partial charge in [-0.05, 0) is 43.5 Å². The minimum atomic E-state index is -0.436. The molecule has 0 aromatic carbocycles. The van der Waals surface area contributed by atoms with Gasteiger partial charge in [0.1, 0.15) is 11.3 Å². The van der Waals surface area contributed by atoms with E-state index in [1.807, 2.05) is 11.7 Å². The highest BCUT2D eigenvalue weighted by Crippen LogP contribution is 2.29. The van der Waals surface area contributed by atoms with Crippen molar-refractivity contribution in [2.75, 3.05) is 0 Å². The first kappa shape index (κ1) is 15.4. The number of aryl methyl sites for hydroxylation is 1. The van der Waals surface area contributed by atoms with Gasteiger partial charge in [0.25, 0.3) is 11.5 Å². The highest BCUT2D eigenvalue weighted by Gasteiger charge is 2.25. The molecule has 1 unspecified atom stereocenters. The average Bonchev–Trinajstić information content (AvgIpc) is 3.26. The predicted octanol–water partition coefficient (Wildman–Crippen LogP) is 2.18. The summed E-state index contributed by atoms with van der Waals surface area (Å²) < 4.78 is 7.10. The van der Waals surface area contributed by atoms with Gasteiger partial charge in [-0.25, -0.2) is 0 Å². The normalized spacial score (nSPS) is 16.4. The fourth-order valence-corrected chi connectivity index (χ4v) is 3.32. The lowest BCUT2D eigenvalue weighted by atomic mass is 9.93. The van der Waals surface area contributed by atoms with Crippen molar-refractivity contribution in [3.05, 3.63) is 63.9 Å². The van der Waals surface area contributed by atoms with Crippen molar-refractivity contribution in [1.82, 2.24) is 20.1 Å². The molecule has 7 heteroatoms. The summed E-state index contributed by atoms with van der Waals surface area (Å²) in [4.78, 5) is 27.6. The number of amides is 1. The highest BCUT2D eigenvalue weighted by atomic mass is 16.3. The zero-order valence-electron chi connectivity index (χ0n) is 13.8. The monoisotopic (exact) mass is 338 g/mol. The number of aromatic amines is 1. The molecule has 1 aliphatic carbocycles. The summed E-state index contributed by atoms with van der Waals surface area (Å²) in [7, 11) is 1.90. The smallest absolute Gasteiger partial charge is 0.261 e. The van der Waals surface area contributed by atoms with Crippen LogP contribution < -0.4 is 10.9 Å². The number of carbonyl (C=O) groups is 1. The van der Waals surface area contributed by atoms with Crippen molar-refractivity contribution in [2.24, 2.45) is 7.05 Å². The number of hydrogen-bond acceptors (Lipinski definition) is 4. The van der Waals surface area contributed by atoms with Gasteiger partial charge in [-0.15, -0.1) is 0 Å². The molecule has 1 aliphatic rings. The van der Waals surface area contributed by atoms with E-state index in [-0.39, 0.29) is 17.5 Å². The Bertz CT molecular complexity index is 969. The van der Waals surface area contributed by atoms with Crippen LogP contribution in [0.15, 0.2) is 45.9 Å². The van der Waals surface area contributed by atoms with Crippen LogP contribution in [0.3, 0.4) is 0 Å². The van der Waals surface area contributed by atoms with E-state index in [2.05, 4.69) is 15.4 Å². The Morgan fingerprint density at radius 2 is 2.28 bits per heavy atom. The Labute approximate surface area is 143 Å². The van der Waals surface area contributed by atoms with Crippen molar-refractivity contribution in [2.45, 2.75) is 25.3 Å². The zero-order valence-corrected chi connectivity index (χ0v) is 13.8. The molecule has 128 valence electrons. The van der Waals surface area contributed by atoms with Gasteiger partial charge in [-0.1, -0.05) is 0 Å². The Morgan fingerprint density at radius 1 is 1.40 bits per heavy atom. The third-order valence-corrected chi connectivity index (χ3v) is 4.62. The van der Waals surface area contributed by atoms with E-state index in [0.29, 0.717) is 11.5 Å². The van der Waals surface area contributed by atoms with Gasteiger partial charge in [0.15, 0.2) is 0 Å². The van der Waals surface area contributed by atoms with E-state index in [1.165, 1.54) is 12.3 Å². The van der Waals surface area contributed by atoms with E-state index in [0.717, 1.165) is 30.5 Å². The first-order valence-electron chi connectivity index (χ1n) is 8.22. The maximum Gasteiger partial charge on any atom is 0.261 e. The number of nitrogens with one attached hydrogen (secondary N) is 2. The molecule has 3 heterocycles. The molecular formula is C18H18N4O3. The van der Waals surface area contributed by atoms with Gasteiger partial charge in [0, 0.05) is 18.3 Å². The summed E-state index contributed by atoms with van der Waals surface area (Å²) >= 11 is 0. The standard InChI is InChI=1S/C18H18N4O3/c1-22-15-5-2-4-13(12(15)10-19-22)20-17(23)11-7-8-14(21-18(11)24)16-6-3-9-25-16/h3,6-10,13H,2,4-5H2,1H3,(H,20,23)(H,21,24). The second kappa shape index (κ2) is 6.08. The van der Waals surface area contributed by atoms with Gasteiger partial charge >= 0.3 is 0 Å². The molecule has 2 N–H and O–H groups in total. The topological polar surface area (TPSA) is 92.9 Å². The molecule has 0 bridgehead atoms. The number of furan rings is 1. The van der Waals surface area contributed by atoms with E-state index < -0.39 is 5.56 Å². The summed E-state index contributed by atoms with van der Waals surface area (Å²) in [6, 6.07) is 6.57. The van der Waals surface area contributed by atoms with Crippen LogP contribution in [-0.2, 0) is 13.5 Å². The van der Waals surface area contributed by atoms with Gasteiger partial charge in [0.2, 0.25) is 0 Å². The van der Waals surface area contributed by atoms with Crippen LogP contribution >= 0.6 is 0 Å². The van der Waals surface area contributed by atoms with Crippen LogP contribution in [0.4, 0.5) is 0 Å². The molecule has 3 aromatic heterocycles. The largest absolute Gasteiger partial charge is 0.463 e. The first-order valence-corrected chi connectivity index (χ1v) is 8.22. The van der Waals surface area contributed by atoms with Crippen molar-refractivity contribution in [3.8, 4) is 11.5 Å². The molecule has 0 fully saturated rings. The number of aromatic nitrogens is 3. The number of nitrogens with zero attached hydrogens (tertiary/aromatic N) is 2. The third-order valence-electron chi connectivity index (χ3n) is 4.62. The number of rotatable bonds is 3. The molecule has 4 rings (SSSR count). The summed E-state index contributed by atoms with van der Waals surface area (Å²) in [5.74, 6) is 0.172. The maximum atomic E-state index is 12.6. The summed E-state index contributed by atoms with van der Waals surface area (Å²) in [5.41, 5.74) is 2.36. The number of fused-ring (bicyclic) bond motifs is 1. The predicted molar refractivity (Wildman–Crippen MR) is 91.1 cm³/mol. The lowest BCUT2D eigenvalue weighted by molar-refractivity contribution is 0.0931. The quantitative estimate of drug-likeness (QED) is 0.765. The minimum Gasteiger partial charge on any atom is -0.463 e. The highest BCUT2D eigenvalue weighted by molar-refractivity contribution is 5.94. The molecule has 7 nitrogen and oxygen atoms in total. The maximum absolute atomic E-state index is 12.6. The fourth-order valence-electron chi connectivity index (χ4n) is 3.32. The molecule has 0 saturated heterocycles. The van der Waals surface area contributed by atoms with Crippen molar-refractivity contribution >= 4 is 5.91 Å². The van der Waals surface area contributed by atoms with E-state index in [1.54, 1.807) is 24.4 Å². The number of carbonyl (C=O) groups excluding carboxylic acids is 1. The van der Waals surface area contributed by atoms with Gasteiger partial charge < -0.3 is 14.7 Å². The molecule has 25 heavy (non-hydrogen) atoms. The van der Waals surface area contributed by atoms with Crippen molar-refractivity contribution < 1.29 is 9.21 Å². The van der Waals surface area contributed by atoms with Crippen molar-refractivity contribution in [1.29, 1.82) is 0 Å². The number of H-pyrrole nitrogens is 1. The molecule has 1 atom stereocenters. The van der Waals surface area contributed by atoms with Crippen LogP contribution in [0, 0.1) is 0 Å².